The minimum atomic E-state index is -0.991. The molecule has 0 atom stereocenters. The smallest absolute Gasteiger partial charge is 0.307 e. The van der Waals surface area contributed by atoms with E-state index in [1.54, 1.807) is 6.07 Å². The van der Waals surface area contributed by atoms with Crippen molar-refractivity contribution >= 4 is 29.2 Å². The van der Waals surface area contributed by atoms with Crippen LogP contribution in [-0.4, -0.2) is 11.1 Å². The lowest BCUT2D eigenvalue weighted by atomic mass is 10.0. The van der Waals surface area contributed by atoms with Gasteiger partial charge in [-0.2, -0.15) is 5.26 Å². The van der Waals surface area contributed by atoms with Crippen molar-refractivity contribution in [2.45, 2.75) is 12.3 Å². The van der Waals surface area contributed by atoms with Crippen LogP contribution >= 0.6 is 23.2 Å². The zero-order valence-corrected chi connectivity index (χ0v) is 9.14. The van der Waals surface area contributed by atoms with Crippen molar-refractivity contribution in [3.8, 4) is 6.07 Å². The molecular formula is C10H7Cl2NO2. The number of alkyl halides is 1. The van der Waals surface area contributed by atoms with Gasteiger partial charge in [0.2, 0.25) is 0 Å². The standard InChI is InChI=1S/C10H7Cl2NO2/c11-4-7-8(5-13)6(3-10(14)15)1-2-9(7)12/h1-2H,3-4H2,(H,14,15). The Balaban J connectivity index is 3.30. The average Bonchev–Trinajstić information content (AvgIpc) is 2.19. The van der Waals surface area contributed by atoms with Crippen LogP contribution < -0.4 is 0 Å². The molecule has 0 aliphatic rings. The number of carboxylic acids is 1. The Labute approximate surface area is 96.8 Å². The number of carbonyl (C=O) groups is 1. The number of halogens is 2. The third-order valence-corrected chi connectivity index (χ3v) is 2.55. The minimum Gasteiger partial charge on any atom is -0.481 e. The first-order valence-electron chi connectivity index (χ1n) is 4.08. The lowest BCUT2D eigenvalue weighted by Crippen LogP contribution is -2.04. The van der Waals surface area contributed by atoms with Gasteiger partial charge in [0, 0.05) is 10.6 Å². The summed E-state index contributed by atoms with van der Waals surface area (Å²) in [4.78, 5) is 10.5. The van der Waals surface area contributed by atoms with Crippen LogP contribution in [0.2, 0.25) is 5.02 Å². The fourth-order valence-corrected chi connectivity index (χ4v) is 1.82. The van der Waals surface area contributed by atoms with Crippen LogP contribution in [0.3, 0.4) is 0 Å². The second-order valence-corrected chi connectivity index (χ2v) is 3.55. The predicted octanol–water partition coefficient (Wildman–Crippen LogP) is 2.58. The van der Waals surface area contributed by atoms with Gasteiger partial charge in [0.25, 0.3) is 0 Å². The van der Waals surface area contributed by atoms with Crippen LogP contribution in [0, 0.1) is 11.3 Å². The second-order valence-electron chi connectivity index (χ2n) is 2.88. The SMILES string of the molecule is N#Cc1c(CC(=O)O)ccc(Cl)c1CCl. The van der Waals surface area contributed by atoms with Crippen molar-refractivity contribution in [3.63, 3.8) is 0 Å². The van der Waals surface area contributed by atoms with E-state index in [0.29, 0.717) is 16.1 Å². The van der Waals surface area contributed by atoms with E-state index in [-0.39, 0.29) is 17.9 Å². The molecule has 0 aliphatic carbocycles. The van der Waals surface area contributed by atoms with Crippen LogP contribution in [0.1, 0.15) is 16.7 Å². The zero-order valence-electron chi connectivity index (χ0n) is 7.63. The Morgan fingerprint density at radius 3 is 2.67 bits per heavy atom. The van der Waals surface area contributed by atoms with E-state index in [0.717, 1.165) is 0 Å². The number of hydrogen-bond acceptors (Lipinski definition) is 2. The molecule has 0 heterocycles. The van der Waals surface area contributed by atoms with E-state index in [1.807, 2.05) is 6.07 Å². The molecule has 1 N–H and O–H groups in total. The van der Waals surface area contributed by atoms with Crippen molar-refractivity contribution in [2.24, 2.45) is 0 Å². The van der Waals surface area contributed by atoms with Gasteiger partial charge in [0.05, 0.1) is 23.9 Å². The molecule has 5 heteroatoms. The molecule has 0 radical (unpaired) electrons. The van der Waals surface area contributed by atoms with E-state index >= 15 is 0 Å². The fraction of sp³-hybridized carbons (Fsp3) is 0.200. The van der Waals surface area contributed by atoms with Crippen molar-refractivity contribution in [1.82, 2.24) is 0 Å². The first-order chi connectivity index (χ1) is 7.10. The Morgan fingerprint density at radius 1 is 1.53 bits per heavy atom. The van der Waals surface area contributed by atoms with Gasteiger partial charge in [-0.3, -0.25) is 4.79 Å². The van der Waals surface area contributed by atoms with Crippen molar-refractivity contribution in [3.05, 3.63) is 33.8 Å². The molecule has 0 fully saturated rings. The molecule has 0 spiro atoms. The highest BCUT2D eigenvalue weighted by atomic mass is 35.5. The zero-order chi connectivity index (χ0) is 11.4. The summed E-state index contributed by atoms with van der Waals surface area (Å²) in [7, 11) is 0. The summed E-state index contributed by atoms with van der Waals surface area (Å²) in [6.07, 6.45) is -0.204. The van der Waals surface area contributed by atoms with E-state index in [9.17, 15) is 4.79 Å². The van der Waals surface area contributed by atoms with Crippen LogP contribution in [0.25, 0.3) is 0 Å². The van der Waals surface area contributed by atoms with E-state index in [1.165, 1.54) is 6.07 Å². The summed E-state index contributed by atoms with van der Waals surface area (Å²) in [6, 6.07) is 5.02. The minimum absolute atomic E-state index is 0.0924. The van der Waals surface area contributed by atoms with E-state index in [2.05, 4.69) is 0 Å². The Morgan fingerprint density at radius 2 is 2.20 bits per heavy atom. The summed E-state index contributed by atoms with van der Waals surface area (Å²) in [6.45, 7) is 0. The first-order valence-corrected chi connectivity index (χ1v) is 4.99. The number of aliphatic carboxylic acids is 1. The monoisotopic (exact) mass is 243 g/mol. The molecule has 0 aromatic heterocycles. The summed E-state index contributed by atoms with van der Waals surface area (Å²) < 4.78 is 0. The molecule has 1 rings (SSSR count). The number of rotatable bonds is 3. The van der Waals surface area contributed by atoms with Gasteiger partial charge in [-0.1, -0.05) is 17.7 Å². The highest BCUT2D eigenvalue weighted by Crippen LogP contribution is 2.25. The van der Waals surface area contributed by atoms with Crippen molar-refractivity contribution in [1.29, 1.82) is 5.26 Å². The molecule has 0 bridgehead atoms. The molecule has 3 nitrogen and oxygen atoms in total. The number of hydrogen-bond donors (Lipinski definition) is 1. The summed E-state index contributed by atoms with van der Waals surface area (Å²) >= 11 is 11.5. The lowest BCUT2D eigenvalue weighted by Gasteiger charge is -2.07. The fourth-order valence-electron chi connectivity index (χ4n) is 1.25. The average molecular weight is 244 g/mol. The van der Waals surface area contributed by atoms with Crippen LogP contribution in [-0.2, 0) is 17.1 Å². The van der Waals surface area contributed by atoms with Crippen LogP contribution in [0.4, 0.5) is 0 Å². The van der Waals surface area contributed by atoms with Crippen LogP contribution in [0.15, 0.2) is 12.1 Å². The van der Waals surface area contributed by atoms with Gasteiger partial charge >= 0.3 is 5.97 Å². The second kappa shape index (κ2) is 5.01. The number of nitriles is 1. The maximum absolute atomic E-state index is 10.5. The quantitative estimate of drug-likeness (QED) is 0.831. The molecule has 0 saturated carbocycles. The molecule has 0 amide bonds. The van der Waals surface area contributed by atoms with Gasteiger partial charge in [-0.25, -0.2) is 0 Å². The summed E-state index contributed by atoms with van der Waals surface area (Å²) in [5.74, 6) is -0.899. The molecule has 78 valence electrons. The molecular weight excluding hydrogens is 237 g/mol. The van der Waals surface area contributed by atoms with Crippen LogP contribution in [0.5, 0.6) is 0 Å². The molecule has 0 saturated heterocycles. The molecule has 15 heavy (non-hydrogen) atoms. The van der Waals surface area contributed by atoms with Crippen molar-refractivity contribution < 1.29 is 9.90 Å². The maximum Gasteiger partial charge on any atom is 0.307 e. The summed E-state index contributed by atoms with van der Waals surface area (Å²) in [5, 5.41) is 17.9. The number of nitrogens with zero attached hydrogens (tertiary/aromatic N) is 1. The van der Waals surface area contributed by atoms with E-state index < -0.39 is 5.97 Å². The third kappa shape index (κ3) is 2.62. The highest BCUT2D eigenvalue weighted by Gasteiger charge is 2.13. The number of carboxylic acid groups (broad SMARTS) is 1. The Bertz CT molecular complexity index is 438. The lowest BCUT2D eigenvalue weighted by molar-refractivity contribution is -0.136. The maximum atomic E-state index is 10.5. The van der Waals surface area contributed by atoms with Gasteiger partial charge in [0.15, 0.2) is 0 Å². The molecule has 1 aromatic carbocycles. The molecule has 1 aromatic rings. The first kappa shape index (κ1) is 11.8. The summed E-state index contributed by atoms with van der Waals surface area (Å²) in [5.41, 5.74) is 1.18. The molecule has 0 unspecified atom stereocenters. The third-order valence-electron chi connectivity index (χ3n) is 1.93. The Kier molecular flexibility index (Phi) is 3.96. The van der Waals surface area contributed by atoms with Gasteiger partial charge in [-0.15, -0.1) is 11.6 Å². The molecule has 0 aliphatic heterocycles. The van der Waals surface area contributed by atoms with E-state index in [4.69, 9.17) is 33.6 Å². The van der Waals surface area contributed by atoms with Crippen molar-refractivity contribution in [2.75, 3.05) is 0 Å². The van der Waals surface area contributed by atoms with Gasteiger partial charge < -0.3 is 5.11 Å². The number of benzene rings is 1. The highest BCUT2D eigenvalue weighted by molar-refractivity contribution is 6.32. The predicted molar refractivity (Wildman–Crippen MR) is 57.1 cm³/mol. The van der Waals surface area contributed by atoms with Gasteiger partial charge in [0.1, 0.15) is 0 Å². The van der Waals surface area contributed by atoms with Gasteiger partial charge in [-0.05, 0) is 11.6 Å². The normalized spacial score (nSPS) is 9.67. The largest absolute Gasteiger partial charge is 0.481 e. The topological polar surface area (TPSA) is 61.1 Å². The Hall–Kier alpha value is -1.24.